The van der Waals surface area contributed by atoms with Crippen LogP contribution in [-0.2, 0) is 9.53 Å². The highest BCUT2D eigenvalue weighted by atomic mass is 16.6. The van der Waals surface area contributed by atoms with Crippen LogP contribution in [0.25, 0.3) is 0 Å². The molecule has 0 N–H and O–H groups in total. The Kier molecular flexibility index (Phi) is 36.4. The second-order valence-corrected chi connectivity index (χ2v) is 15.9. The minimum absolute atomic E-state index is 0.0196. The zero-order chi connectivity index (χ0) is 35.8. The minimum Gasteiger partial charge on any atom is -0.430 e. The van der Waals surface area contributed by atoms with Crippen LogP contribution in [0.3, 0.4) is 0 Å². The third-order valence-corrected chi connectivity index (χ3v) is 10.9. The Bertz CT molecular complexity index is 792. The van der Waals surface area contributed by atoms with E-state index >= 15 is 0 Å². The molecule has 0 spiro atoms. The second-order valence-electron chi connectivity index (χ2n) is 15.9. The molecule has 50 heavy (non-hydrogen) atoms. The number of carbonyl (C=O) groups is 1. The molecule has 1 rings (SSSR count). The van der Waals surface area contributed by atoms with Crippen LogP contribution in [-0.4, -0.2) is 5.97 Å². The molecule has 0 saturated carbocycles. The third kappa shape index (κ3) is 31.4. The number of hydrogen-bond donors (Lipinski definition) is 0. The summed E-state index contributed by atoms with van der Waals surface area (Å²) in [5.41, 5.74) is 0. The molecule has 1 heterocycles. The van der Waals surface area contributed by atoms with E-state index in [0.29, 0.717) is 0 Å². The Balaban J connectivity index is 1.80. The molecule has 1 atom stereocenters. The van der Waals surface area contributed by atoms with E-state index < -0.39 is 0 Å². The smallest absolute Gasteiger partial charge is 0.321 e. The summed E-state index contributed by atoms with van der Waals surface area (Å²) in [4.78, 5) is 12.0. The van der Waals surface area contributed by atoms with Crippen LogP contribution in [0.15, 0.2) is 36.1 Å². The van der Waals surface area contributed by atoms with Gasteiger partial charge in [0.2, 0.25) is 0 Å². The molecule has 292 valence electrons. The fraction of sp³-hybridized carbons (Fsp3) is 0.854. The van der Waals surface area contributed by atoms with E-state index in [1.54, 1.807) is 0 Å². The van der Waals surface area contributed by atoms with E-state index in [1.807, 2.05) is 0 Å². The lowest BCUT2D eigenvalue weighted by molar-refractivity contribution is -0.157. The van der Waals surface area contributed by atoms with Gasteiger partial charge in [-0.25, -0.2) is 0 Å². The summed E-state index contributed by atoms with van der Waals surface area (Å²) >= 11 is 0. The van der Waals surface area contributed by atoms with Crippen molar-refractivity contribution in [1.29, 1.82) is 0 Å². The maximum absolute atomic E-state index is 12.0. The first kappa shape index (κ1) is 46.7. The number of esters is 1. The lowest BCUT2D eigenvalue weighted by Crippen LogP contribution is -2.32. The van der Waals surface area contributed by atoms with Crippen LogP contribution in [0.5, 0.6) is 0 Å². The van der Waals surface area contributed by atoms with Gasteiger partial charge in [0.25, 0.3) is 0 Å². The van der Waals surface area contributed by atoms with Crippen LogP contribution in [0.2, 0.25) is 0 Å². The van der Waals surface area contributed by atoms with E-state index in [1.165, 1.54) is 231 Å². The molecular formula is C48H88O2. The lowest BCUT2D eigenvalue weighted by atomic mass is 9.93. The van der Waals surface area contributed by atoms with Crippen molar-refractivity contribution >= 4 is 5.97 Å². The molecule has 0 aliphatic carbocycles. The Morgan fingerprint density at radius 3 is 0.980 bits per heavy atom. The topological polar surface area (TPSA) is 26.3 Å². The van der Waals surface area contributed by atoms with E-state index in [-0.39, 0.29) is 11.9 Å². The van der Waals surface area contributed by atoms with Gasteiger partial charge in [-0.1, -0.05) is 212 Å². The summed E-state index contributed by atoms with van der Waals surface area (Å²) < 4.78 is 5.41. The van der Waals surface area contributed by atoms with Crippen LogP contribution in [0.4, 0.5) is 0 Å². The summed E-state index contributed by atoms with van der Waals surface area (Å²) in [6.45, 7) is 4.57. The third-order valence-electron chi connectivity index (χ3n) is 10.9. The van der Waals surface area contributed by atoms with Gasteiger partial charge in [-0.15, -0.1) is 0 Å². The molecule has 1 saturated heterocycles. The second kappa shape index (κ2) is 38.9. The van der Waals surface area contributed by atoms with Crippen molar-refractivity contribution < 1.29 is 9.53 Å². The van der Waals surface area contributed by atoms with E-state index in [9.17, 15) is 4.79 Å². The maximum Gasteiger partial charge on any atom is 0.321 e. The summed E-state index contributed by atoms with van der Waals surface area (Å²) in [6.07, 6.45) is 63.1. The van der Waals surface area contributed by atoms with Crippen molar-refractivity contribution in [2.24, 2.45) is 5.92 Å². The average molecular weight is 697 g/mol. The molecular weight excluding hydrogens is 609 g/mol. The first-order chi connectivity index (χ1) is 24.8. The normalized spacial score (nSPS) is 15.5. The number of rotatable bonds is 40. The van der Waals surface area contributed by atoms with Crippen molar-refractivity contribution in [3.63, 3.8) is 0 Å². The zero-order valence-corrected chi connectivity index (χ0v) is 34.2. The number of hydrogen-bond acceptors (Lipinski definition) is 2. The van der Waals surface area contributed by atoms with E-state index in [0.717, 1.165) is 18.6 Å². The molecule has 2 heteroatoms. The molecule has 1 unspecified atom stereocenters. The molecule has 0 aromatic rings. The predicted octanol–water partition coefficient (Wildman–Crippen LogP) is 17.0. The van der Waals surface area contributed by atoms with Gasteiger partial charge in [0, 0.05) is 0 Å². The van der Waals surface area contributed by atoms with Crippen LogP contribution in [0.1, 0.15) is 258 Å². The van der Waals surface area contributed by atoms with Crippen LogP contribution >= 0.6 is 0 Å². The molecule has 0 radical (unpaired) electrons. The zero-order valence-electron chi connectivity index (χ0n) is 34.2. The van der Waals surface area contributed by atoms with Gasteiger partial charge in [0.1, 0.15) is 11.7 Å². The molecule has 2 nitrogen and oxygen atoms in total. The van der Waals surface area contributed by atoms with Gasteiger partial charge >= 0.3 is 5.97 Å². The standard InChI is InChI=1S/C48H88O2/c1-3-5-7-9-11-13-15-17-19-21-23-25-27-29-31-33-35-37-39-41-43-45-47-46(48(49)50-47)44-42-40-38-36-34-32-30-28-26-24-22-20-18-16-14-12-10-8-6-4-2/h13-16,45-46H,3-12,17-44H2,1-2H3/b15-13+,16-14+,47-45+. The molecule has 0 aromatic heterocycles. The van der Waals surface area contributed by atoms with Gasteiger partial charge in [0.15, 0.2) is 0 Å². The Morgan fingerprint density at radius 2 is 0.660 bits per heavy atom. The Hall–Kier alpha value is -1.31. The van der Waals surface area contributed by atoms with Crippen LogP contribution < -0.4 is 0 Å². The predicted molar refractivity (Wildman–Crippen MR) is 223 cm³/mol. The molecule has 1 aliphatic rings. The van der Waals surface area contributed by atoms with Gasteiger partial charge in [-0.3, -0.25) is 4.79 Å². The fourth-order valence-electron chi connectivity index (χ4n) is 7.41. The summed E-state index contributed by atoms with van der Waals surface area (Å²) in [5.74, 6) is 1.08. The minimum atomic E-state index is 0.0196. The number of carbonyl (C=O) groups excluding carboxylic acids is 1. The lowest BCUT2D eigenvalue weighted by Gasteiger charge is -2.28. The Labute approximate surface area is 314 Å². The van der Waals surface area contributed by atoms with Crippen molar-refractivity contribution in [1.82, 2.24) is 0 Å². The molecule has 1 aliphatic heterocycles. The largest absolute Gasteiger partial charge is 0.430 e. The number of allylic oxidation sites excluding steroid dienone is 5. The van der Waals surface area contributed by atoms with Gasteiger partial charge in [0.05, 0.1) is 0 Å². The molecule has 0 amide bonds. The molecule has 0 bridgehead atoms. The Morgan fingerprint density at radius 1 is 0.380 bits per heavy atom. The summed E-state index contributed by atoms with van der Waals surface area (Å²) in [7, 11) is 0. The van der Waals surface area contributed by atoms with Crippen molar-refractivity contribution in [3.8, 4) is 0 Å². The SMILES string of the molecule is CCCCCC/C=C/CCCCCCCCCCCCCC/C=C1/OC(=O)C1CCCCCCCCCCCCCC/C=C/CCCCCC. The molecule has 1 fully saturated rings. The summed E-state index contributed by atoms with van der Waals surface area (Å²) in [5, 5.41) is 0. The summed E-state index contributed by atoms with van der Waals surface area (Å²) in [6, 6.07) is 0. The van der Waals surface area contributed by atoms with Gasteiger partial charge in [-0.05, 0) is 76.7 Å². The van der Waals surface area contributed by atoms with Gasteiger partial charge in [-0.2, -0.15) is 0 Å². The first-order valence-corrected chi connectivity index (χ1v) is 23.0. The van der Waals surface area contributed by atoms with Crippen molar-refractivity contribution in [2.45, 2.75) is 258 Å². The maximum atomic E-state index is 12.0. The van der Waals surface area contributed by atoms with E-state index in [2.05, 4.69) is 44.2 Å². The van der Waals surface area contributed by atoms with Crippen molar-refractivity contribution in [2.75, 3.05) is 0 Å². The van der Waals surface area contributed by atoms with E-state index in [4.69, 9.17) is 4.74 Å². The quantitative estimate of drug-likeness (QED) is 0.0362. The monoisotopic (exact) mass is 697 g/mol. The highest BCUT2D eigenvalue weighted by Gasteiger charge is 2.36. The number of unbranched alkanes of at least 4 members (excludes halogenated alkanes) is 33. The number of ether oxygens (including phenoxy) is 1. The highest BCUT2D eigenvalue weighted by molar-refractivity contribution is 5.82. The number of cyclic esters (lactones) is 1. The fourth-order valence-corrected chi connectivity index (χ4v) is 7.41. The average Bonchev–Trinajstić information content (AvgIpc) is 3.12. The first-order valence-electron chi connectivity index (χ1n) is 23.0. The highest BCUT2D eigenvalue weighted by Crippen LogP contribution is 2.32. The van der Waals surface area contributed by atoms with Crippen molar-refractivity contribution in [3.05, 3.63) is 36.1 Å². The van der Waals surface area contributed by atoms with Gasteiger partial charge < -0.3 is 4.74 Å². The van der Waals surface area contributed by atoms with Crippen LogP contribution in [0, 0.1) is 5.92 Å². The molecule has 0 aromatic carbocycles.